The van der Waals surface area contributed by atoms with E-state index in [9.17, 15) is 4.39 Å². The molecular formula is C16H17FN6O. The SMILES string of the molecule is Fc1ccc(Nc2nc3nonc3nc2N2CCCCCC2)cc1. The first-order valence-corrected chi connectivity index (χ1v) is 8.07. The van der Waals surface area contributed by atoms with E-state index in [0.717, 1.165) is 37.4 Å². The molecular weight excluding hydrogens is 311 g/mol. The zero-order valence-electron chi connectivity index (χ0n) is 13.1. The number of halogens is 1. The lowest BCUT2D eigenvalue weighted by Crippen LogP contribution is -2.26. The number of aromatic nitrogens is 4. The normalized spacial score (nSPS) is 15.5. The Balaban J connectivity index is 1.73. The van der Waals surface area contributed by atoms with E-state index in [1.807, 2.05) is 0 Å². The van der Waals surface area contributed by atoms with Gasteiger partial charge in [0.05, 0.1) is 0 Å². The molecule has 7 nitrogen and oxygen atoms in total. The Morgan fingerprint density at radius 3 is 2.29 bits per heavy atom. The fraction of sp³-hybridized carbons (Fsp3) is 0.375. The smallest absolute Gasteiger partial charge is 0.245 e. The maximum absolute atomic E-state index is 13.1. The molecule has 1 aromatic carbocycles. The largest absolute Gasteiger partial charge is 0.353 e. The van der Waals surface area contributed by atoms with E-state index in [1.54, 1.807) is 12.1 Å². The Bertz CT molecular complexity index is 826. The highest BCUT2D eigenvalue weighted by Gasteiger charge is 2.19. The fourth-order valence-corrected chi connectivity index (χ4v) is 2.89. The van der Waals surface area contributed by atoms with Crippen molar-refractivity contribution in [1.82, 2.24) is 20.3 Å². The van der Waals surface area contributed by atoms with Crippen LogP contribution in [0.25, 0.3) is 11.3 Å². The number of benzene rings is 1. The Labute approximate surface area is 137 Å². The summed E-state index contributed by atoms with van der Waals surface area (Å²) in [5.74, 6) is 1.02. The predicted molar refractivity (Wildman–Crippen MR) is 87.8 cm³/mol. The van der Waals surface area contributed by atoms with Crippen molar-refractivity contribution in [2.45, 2.75) is 25.7 Å². The van der Waals surface area contributed by atoms with E-state index < -0.39 is 0 Å². The molecule has 1 aliphatic heterocycles. The second-order valence-electron chi connectivity index (χ2n) is 5.84. The minimum atomic E-state index is -0.282. The third-order valence-corrected chi connectivity index (χ3v) is 4.11. The van der Waals surface area contributed by atoms with Crippen molar-refractivity contribution < 1.29 is 9.02 Å². The number of nitrogens with one attached hydrogen (secondary N) is 1. The zero-order valence-corrected chi connectivity index (χ0v) is 13.1. The topological polar surface area (TPSA) is 80.0 Å². The predicted octanol–water partition coefficient (Wildman–Crippen LogP) is 3.28. The zero-order chi connectivity index (χ0) is 16.4. The second-order valence-corrected chi connectivity index (χ2v) is 5.84. The van der Waals surface area contributed by atoms with E-state index in [2.05, 4.69) is 30.5 Å². The first-order valence-electron chi connectivity index (χ1n) is 8.07. The first-order chi connectivity index (χ1) is 11.8. The summed E-state index contributed by atoms with van der Waals surface area (Å²) in [6, 6.07) is 6.12. The number of fused-ring (bicyclic) bond motifs is 1. The standard InChI is InChI=1S/C16H17FN6O/c17-11-5-7-12(8-6-11)18-15-16(23-9-3-1-2-4-10-23)20-14-13(19-15)21-24-22-14/h5-8H,1-4,9-10H2,(H,18,19,21). The molecule has 4 rings (SSSR count). The average Bonchev–Trinajstić information content (AvgIpc) is 2.88. The van der Waals surface area contributed by atoms with Crippen LogP contribution in [0.4, 0.5) is 21.7 Å². The first kappa shape index (κ1) is 14.8. The highest BCUT2D eigenvalue weighted by Crippen LogP contribution is 2.28. The number of rotatable bonds is 3. The highest BCUT2D eigenvalue weighted by molar-refractivity contribution is 5.77. The molecule has 0 saturated carbocycles. The molecule has 0 atom stereocenters. The van der Waals surface area contributed by atoms with Crippen molar-refractivity contribution in [2.75, 3.05) is 23.3 Å². The van der Waals surface area contributed by atoms with Crippen molar-refractivity contribution in [3.8, 4) is 0 Å². The van der Waals surface area contributed by atoms with E-state index in [0.29, 0.717) is 17.1 Å². The molecule has 3 heterocycles. The van der Waals surface area contributed by atoms with Crippen LogP contribution in [0.15, 0.2) is 28.9 Å². The summed E-state index contributed by atoms with van der Waals surface area (Å²) in [7, 11) is 0. The van der Waals surface area contributed by atoms with Gasteiger partial charge in [0.1, 0.15) is 5.82 Å². The quantitative estimate of drug-likeness (QED) is 0.790. The van der Waals surface area contributed by atoms with Gasteiger partial charge < -0.3 is 10.2 Å². The summed E-state index contributed by atoms with van der Waals surface area (Å²) < 4.78 is 17.8. The molecule has 3 aromatic rings. The van der Waals surface area contributed by atoms with Gasteiger partial charge in [0.2, 0.25) is 11.3 Å². The average molecular weight is 328 g/mol. The van der Waals surface area contributed by atoms with Gasteiger partial charge in [-0.1, -0.05) is 12.8 Å². The minimum absolute atomic E-state index is 0.282. The molecule has 0 unspecified atom stereocenters. The Kier molecular flexibility index (Phi) is 3.94. The fourth-order valence-electron chi connectivity index (χ4n) is 2.89. The number of hydrogen-bond acceptors (Lipinski definition) is 7. The van der Waals surface area contributed by atoms with Gasteiger partial charge in [-0.25, -0.2) is 19.0 Å². The summed E-state index contributed by atoms with van der Waals surface area (Å²) in [4.78, 5) is 11.3. The van der Waals surface area contributed by atoms with Gasteiger partial charge >= 0.3 is 0 Å². The van der Waals surface area contributed by atoms with Crippen LogP contribution in [0.1, 0.15) is 25.7 Å². The Hall–Kier alpha value is -2.77. The van der Waals surface area contributed by atoms with Crippen LogP contribution in [0.3, 0.4) is 0 Å². The van der Waals surface area contributed by atoms with E-state index in [-0.39, 0.29) is 5.82 Å². The van der Waals surface area contributed by atoms with Gasteiger partial charge in [-0.2, -0.15) is 0 Å². The van der Waals surface area contributed by atoms with Crippen molar-refractivity contribution >= 4 is 28.6 Å². The molecule has 1 aliphatic rings. The summed E-state index contributed by atoms with van der Waals surface area (Å²) >= 11 is 0. The summed E-state index contributed by atoms with van der Waals surface area (Å²) in [5, 5.41) is 10.8. The molecule has 2 aromatic heterocycles. The van der Waals surface area contributed by atoms with Gasteiger partial charge in [0.25, 0.3) is 0 Å². The summed E-state index contributed by atoms with van der Waals surface area (Å²) in [5.41, 5.74) is 1.47. The number of hydrogen-bond donors (Lipinski definition) is 1. The lowest BCUT2D eigenvalue weighted by atomic mass is 10.2. The summed E-state index contributed by atoms with van der Waals surface area (Å²) in [6.45, 7) is 1.84. The van der Waals surface area contributed by atoms with Crippen LogP contribution in [-0.4, -0.2) is 33.4 Å². The summed E-state index contributed by atoms with van der Waals surface area (Å²) in [6.07, 6.45) is 4.68. The minimum Gasteiger partial charge on any atom is -0.353 e. The van der Waals surface area contributed by atoms with Crippen molar-refractivity contribution in [3.05, 3.63) is 30.1 Å². The van der Waals surface area contributed by atoms with Crippen LogP contribution < -0.4 is 10.2 Å². The van der Waals surface area contributed by atoms with Gasteiger partial charge in [-0.3, -0.25) is 0 Å². The third kappa shape index (κ3) is 2.99. The third-order valence-electron chi connectivity index (χ3n) is 4.11. The lowest BCUT2D eigenvalue weighted by Gasteiger charge is -2.23. The molecule has 0 bridgehead atoms. The van der Waals surface area contributed by atoms with Crippen LogP contribution in [0, 0.1) is 5.82 Å². The van der Waals surface area contributed by atoms with Crippen molar-refractivity contribution in [3.63, 3.8) is 0 Å². The van der Waals surface area contributed by atoms with Crippen LogP contribution in [-0.2, 0) is 0 Å². The lowest BCUT2D eigenvalue weighted by molar-refractivity contribution is 0.314. The number of anilines is 3. The molecule has 8 heteroatoms. The van der Waals surface area contributed by atoms with Gasteiger partial charge in [0.15, 0.2) is 11.6 Å². The monoisotopic (exact) mass is 328 g/mol. The molecule has 1 fully saturated rings. The maximum atomic E-state index is 13.1. The van der Waals surface area contributed by atoms with E-state index >= 15 is 0 Å². The van der Waals surface area contributed by atoms with Gasteiger partial charge in [-0.05, 0) is 47.4 Å². The number of nitrogens with zero attached hydrogens (tertiary/aromatic N) is 5. The Morgan fingerprint density at radius 2 is 1.58 bits per heavy atom. The van der Waals surface area contributed by atoms with Crippen molar-refractivity contribution in [2.24, 2.45) is 0 Å². The molecule has 0 radical (unpaired) electrons. The molecule has 124 valence electrons. The second kappa shape index (κ2) is 6.38. The van der Waals surface area contributed by atoms with Gasteiger partial charge in [-0.15, -0.1) is 0 Å². The highest BCUT2D eigenvalue weighted by atomic mass is 19.1. The van der Waals surface area contributed by atoms with Crippen LogP contribution in [0.2, 0.25) is 0 Å². The van der Waals surface area contributed by atoms with E-state index in [4.69, 9.17) is 4.63 Å². The molecule has 0 spiro atoms. The molecule has 24 heavy (non-hydrogen) atoms. The molecule has 1 N–H and O–H groups in total. The Morgan fingerprint density at radius 1 is 0.917 bits per heavy atom. The van der Waals surface area contributed by atoms with Crippen molar-refractivity contribution in [1.29, 1.82) is 0 Å². The van der Waals surface area contributed by atoms with Crippen LogP contribution in [0.5, 0.6) is 0 Å². The van der Waals surface area contributed by atoms with E-state index in [1.165, 1.54) is 25.0 Å². The molecule has 1 saturated heterocycles. The van der Waals surface area contributed by atoms with Crippen LogP contribution >= 0.6 is 0 Å². The van der Waals surface area contributed by atoms with Gasteiger partial charge in [0, 0.05) is 18.8 Å². The molecule has 0 aliphatic carbocycles. The molecule has 0 amide bonds. The maximum Gasteiger partial charge on any atom is 0.245 e.